The summed E-state index contributed by atoms with van der Waals surface area (Å²) in [5.74, 6) is 1.73. The molecule has 2 heterocycles. The van der Waals surface area contributed by atoms with Crippen LogP contribution in [0.2, 0.25) is 0 Å². The Balaban J connectivity index is 1.71. The van der Waals surface area contributed by atoms with Crippen molar-refractivity contribution in [3.63, 3.8) is 0 Å². The van der Waals surface area contributed by atoms with Crippen LogP contribution in [0.5, 0.6) is 0 Å². The molecule has 27 heavy (non-hydrogen) atoms. The minimum atomic E-state index is -0.300. The summed E-state index contributed by atoms with van der Waals surface area (Å²) in [4.78, 5) is 11.7. The zero-order chi connectivity index (χ0) is 18.6. The van der Waals surface area contributed by atoms with Gasteiger partial charge in [-0.05, 0) is 30.9 Å². The van der Waals surface area contributed by atoms with Crippen molar-refractivity contribution < 1.29 is 4.39 Å². The molecule has 3 aromatic rings. The topological polar surface area (TPSA) is 41.1 Å². The average Bonchev–Trinajstić information content (AvgIpc) is 2.71. The van der Waals surface area contributed by atoms with Crippen molar-refractivity contribution in [3.8, 4) is 11.3 Å². The van der Waals surface area contributed by atoms with Gasteiger partial charge in [-0.3, -0.25) is 0 Å². The van der Waals surface area contributed by atoms with Crippen molar-refractivity contribution in [2.24, 2.45) is 5.92 Å². The SMILES string of the molecule is CC1CCN(c2nc(Nc3ccccc3F)cc(-c3ccccc3)n2)CC1. The Bertz CT molecular complexity index is 905. The third-order valence-electron chi connectivity index (χ3n) is 4.99. The number of hydrogen-bond acceptors (Lipinski definition) is 4. The van der Waals surface area contributed by atoms with Gasteiger partial charge in [-0.25, -0.2) is 9.37 Å². The Hall–Kier alpha value is -2.95. The van der Waals surface area contributed by atoms with Crippen molar-refractivity contribution in [2.45, 2.75) is 19.8 Å². The number of nitrogens with one attached hydrogen (secondary N) is 1. The second-order valence-electron chi connectivity index (χ2n) is 7.08. The van der Waals surface area contributed by atoms with Crippen LogP contribution >= 0.6 is 0 Å². The van der Waals surface area contributed by atoms with E-state index in [1.165, 1.54) is 6.07 Å². The predicted octanol–water partition coefficient (Wildman–Crippen LogP) is 5.26. The summed E-state index contributed by atoms with van der Waals surface area (Å²) >= 11 is 0. The van der Waals surface area contributed by atoms with E-state index in [2.05, 4.69) is 22.1 Å². The summed E-state index contributed by atoms with van der Waals surface area (Å²) in [6.45, 7) is 4.17. The summed E-state index contributed by atoms with van der Waals surface area (Å²) in [6.07, 6.45) is 2.27. The number of para-hydroxylation sites is 1. The largest absolute Gasteiger partial charge is 0.341 e. The molecule has 0 unspecified atom stereocenters. The van der Waals surface area contributed by atoms with Crippen molar-refractivity contribution >= 4 is 17.5 Å². The van der Waals surface area contributed by atoms with Crippen LogP contribution in [-0.2, 0) is 0 Å². The zero-order valence-corrected chi connectivity index (χ0v) is 15.4. The molecule has 4 nitrogen and oxygen atoms in total. The number of nitrogens with zero attached hydrogens (tertiary/aromatic N) is 3. The Morgan fingerprint density at radius 3 is 2.41 bits per heavy atom. The molecule has 2 aromatic carbocycles. The first-order chi connectivity index (χ1) is 13.2. The van der Waals surface area contributed by atoms with Crippen LogP contribution in [0.3, 0.4) is 0 Å². The lowest BCUT2D eigenvalue weighted by molar-refractivity contribution is 0.434. The summed E-state index contributed by atoms with van der Waals surface area (Å²) < 4.78 is 14.1. The second kappa shape index (κ2) is 7.74. The highest BCUT2D eigenvalue weighted by Gasteiger charge is 2.19. The Morgan fingerprint density at radius 2 is 1.67 bits per heavy atom. The molecule has 1 N–H and O–H groups in total. The lowest BCUT2D eigenvalue weighted by atomic mass is 10.00. The van der Waals surface area contributed by atoms with Crippen LogP contribution in [0, 0.1) is 11.7 Å². The molecular weight excluding hydrogens is 339 g/mol. The number of hydrogen-bond donors (Lipinski definition) is 1. The maximum atomic E-state index is 14.1. The van der Waals surface area contributed by atoms with E-state index in [1.807, 2.05) is 36.4 Å². The molecule has 0 radical (unpaired) electrons. The summed E-state index contributed by atoms with van der Waals surface area (Å²) in [5.41, 5.74) is 2.26. The predicted molar refractivity (Wildman–Crippen MR) is 108 cm³/mol. The fraction of sp³-hybridized carbons (Fsp3) is 0.273. The lowest BCUT2D eigenvalue weighted by Crippen LogP contribution is -2.34. The first-order valence-corrected chi connectivity index (χ1v) is 9.40. The van der Waals surface area contributed by atoms with E-state index in [0.717, 1.165) is 43.1 Å². The van der Waals surface area contributed by atoms with E-state index in [1.54, 1.807) is 18.2 Å². The molecular formula is C22H23FN4. The normalized spacial score (nSPS) is 15.0. The van der Waals surface area contributed by atoms with Crippen LogP contribution in [0.15, 0.2) is 60.7 Å². The number of aromatic nitrogens is 2. The highest BCUT2D eigenvalue weighted by molar-refractivity contribution is 5.67. The zero-order valence-electron chi connectivity index (χ0n) is 15.4. The fourth-order valence-corrected chi connectivity index (χ4v) is 3.31. The van der Waals surface area contributed by atoms with Gasteiger partial charge >= 0.3 is 0 Å². The van der Waals surface area contributed by atoms with Crippen molar-refractivity contribution in [1.29, 1.82) is 0 Å². The number of benzene rings is 2. The van der Waals surface area contributed by atoms with Crippen LogP contribution in [0.1, 0.15) is 19.8 Å². The average molecular weight is 362 g/mol. The van der Waals surface area contributed by atoms with Crippen LogP contribution < -0.4 is 10.2 Å². The van der Waals surface area contributed by atoms with E-state index < -0.39 is 0 Å². The minimum absolute atomic E-state index is 0.300. The third-order valence-corrected chi connectivity index (χ3v) is 4.99. The highest BCUT2D eigenvalue weighted by atomic mass is 19.1. The van der Waals surface area contributed by atoms with Gasteiger partial charge in [0.15, 0.2) is 0 Å². The smallest absolute Gasteiger partial charge is 0.227 e. The van der Waals surface area contributed by atoms with Crippen LogP contribution in [-0.4, -0.2) is 23.1 Å². The number of halogens is 1. The molecule has 0 saturated carbocycles. The summed E-state index contributed by atoms with van der Waals surface area (Å²) in [6, 6.07) is 18.5. The number of anilines is 3. The quantitative estimate of drug-likeness (QED) is 0.687. The molecule has 0 bridgehead atoms. The highest BCUT2D eigenvalue weighted by Crippen LogP contribution is 2.27. The van der Waals surface area contributed by atoms with E-state index in [9.17, 15) is 4.39 Å². The summed E-state index contributed by atoms with van der Waals surface area (Å²) in [5, 5.41) is 3.12. The molecule has 5 heteroatoms. The molecule has 138 valence electrons. The number of rotatable bonds is 4. The molecule has 0 atom stereocenters. The molecule has 0 amide bonds. The monoisotopic (exact) mass is 362 g/mol. The van der Waals surface area contributed by atoms with Gasteiger partial charge in [-0.15, -0.1) is 0 Å². The maximum Gasteiger partial charge on any atom is 0.227 e. The molecule has 1 fully saturated rings. The first kappa shape index (κ1) is 17.5. The molecule has 1 saturated heterocycles. The van der Waals surface area contributed by atoms with Gasteiger partial charge in [0.1, 0.15) is 11.6 Å². The number of piperidine rings is 1. The third kappa shape index (κ3) is 4.08. The Morgan fingerprint density at radius 1 is 0.963 bits per heavy atom. The van der Waals surface area contributed by atoms with Gasteiger partial charge < -0.3 is 10.2 Å². The van der Waals surface area contributed by atoms with Gasteiger partial charge in [-0.1, -0.05) is 49.4 Å². The van der Waals surface area contributed by atoms with Gasteiger partial charge in [0, 0.05) is 24.7 Å². The van der Waals surface area contributed by atoms with Crippen molar-refractivity contribution in [2.75, 3.05) is 23.3 Å². The van der Waals surface area contributed by atoms with E-state index >= 15 is 0 Å². The van der Waals surface area contributed by atoms with E-state index in [0.29, 0.717) is 17.5 Å². The van der Waals surface area contributed by atoms with Gasteiger partial charge in [0.25, 0.3) is 0 Å². The van der Waals surface area contributed by atoms with Crippen molar-refractivity contribution in [3.05, 3.63) is 66.5 Å². The first-order valence-electron chi connectivity index (χ1n) is 9.40. The Labute approximate surface area is 159 Å². The molecule has 1 aliphatic heterocycles. The van der Waals surface area contributed by atoms with Gasteiger partial charge in [0.05, 0.1) is 11.4 Å². The van der Waals surface area contributed by atoms with Crippen molar-refractivity contribution in [1.82, 2.24) is 9.97 Å². The fourth-order valence-electron chi connectivity index (χ4n) is 3.31. The molecule has 1 aromatic heterocycles. The lowest BCUT2D eigenvalue weighted by Gasteiger charge is -2.30. The molecule has 0 aliphatic carbocycles. The maximum absolute atomic E-state index is 14.1. The molecule has 1 aliphatic rings. The Kier molecular flexibility index (Phi) is 5.01. The van der Waals surface area contributed by atoms with Gasteiger partial charge in [0.2, 0.25) is 5.95 Å². The van der Waals surface area contributed by atoms with Crippen LogP contribution in [0.4, 0.5) is 21.8 Å². The molecule has 0 spiro atoms. The van der Waals surface area contributed by atoms with Gasteiger partial charge in [-0.2, -0.15) is 4.98 Å². The summed E-state index contributed by atoms with van der Waals surface area (Å²) in [7, 11) is 0. The van der Waals surface area contributed by atoms with E-state index in [4.69, 9.17) is 4.98 Å². The standard InChI is InChI=1S/C22H23FN4/c1-16-11-13-27(14-12-16)22-25-20(17-7-3-2-4-8-17)15-21(26-22)24-19-10-6-5-9-18(19)23/h2-10,15-16H,11-14H2,1H3,(H,24,25,26). The molecule has 4 rings (SSSR count). The van der Waals surface area contributed by atoms with E-state index in [-0.39, 0.29) is 5.82 Å². The minimum Gasteiger partial charge on any atom is -0.341 e. The van der Waals surface area contributed by atoms with Crippen LogP contribution in [0.25, 0.3) is 11.3 Å². The second-order valence-corrected chi connectivity index (χ2v) is 7.08.